The highest BCUT2D eigenvalue weighted by Gasteiger charge is 2.24. The minimum Gasteiger partial charge on any atom is -0.352 e. The molecule has 1 fully saturated rings. The first-order chi connectivity index (χ1) is 12.7. The third-order valence-electron chi connectivity index (χ3n) is 4.32. The smallest absolute Gasteiger partial charge is 0.335 e. The summed E-state index contributed by atoms with van der Waals surface area (Å²) in [5.74, 6) is 6.52. The zero-order valence-electron chi connectivity index (χ0n) is 14.2. The summed E-state index contributed by atoms with van der Waals surface area (Å²) in [6.45, 7) is 5.33. The van der Waals surface area contributed by atoms with Gasteiger partial charge in [0.15, 0.2) is 11.5 Å². The lowest BCUT2D eigenvalue weighted by Gasteiger charge is -2.28. The number of hydrogen-bond acceptors (Lipinski definition) is 6. The van der Waals surface area contributed by atoms with E-state index in [1.807, 2.05) is 16.8 Å². The molecule has 1 aliphatic heterocycles. The maximum absolute atomic E-state index is 13.2. The highest BCUT2D eigenvalue weighted by atomic mass is 35.5. The fourth-order valence-electron chi connectivity index (χ4n) is 3.13. The number of piperazine rings is 1. The Hall–Kier alpha value is -2.34. The van der Waals surface area contributed by atoms with Gasteiger partial charge in [0.25, 0.3) is 0 Å². The largest absolute Gasteiger partial charge is 0.352 e. The molecule has 0 aliphatic carbocycles. The van der Waals surface area contributed by atoms with Crippen LogP contribution in [0.15, 0.2) is 21.6 Å². The predicted octanol–water partition coefficient (Wildman–Crippen LogP) is 1.73. The van der Waals surface area contributed by atoms with E-state index in [0.717, 1.165) is 31.9 Å². The van der Waals surface area contributed by atoms with E-state index >= 15 is 0 Å². The quantitative estimate of drug-likeness (QED) is 0.546. The monoisotopic (exact) mass is 388 g/mol. The Morgan fingerprint density at radius 1 is 1.35 bits per heavy atom. The van der Waals surface area contributed by atoms with Gasteiger partial charge in [-0.25, -0.2) is 9.36 Å². The van der Waals surface area contributed by atoms with Gasteiger partial charge in [-0.05, 0) is 30.0 Å². The van der Waals surface area contributed by atoms with Crippen LogP contribution in [0.2, 0.25) is 5.28 Å². The Kier molecular flexibility index (Phi) is 4.68. The molecule has 0 saturated carbocycles. The number of imidazole rings is 1. The molecule has 134 valence electrons. The molecule has 0 radical (unpaired) electrons. The summed E-state index contributed by atoms with van der Waals surface area (Å²) in [4.78, 5) is 24.1. The summed E-state index contributed by atoms with van der Waals surface area (Å²) < 4.78 is 3.22. The summed E-state index contributed by atoms with van der Waals surface area (Å²) in [5.41, 5.74) is 1.78. The summed E-state index contributed by atoms with van der Waals surface area (Å²) in [6.07, 6.45) is 0. The topological polar surface area (TPSA) is 68.0 Å². The number of rotatable bonds is 3. The third kappa shape index (κ3) is 2.88. The van der Waals surface area contributed by atoms with Crippen LogP contribution in [0.25, 0.3) is 16.9 Å². The van der Waals surface area contributed by atoms with Crippen LogP contribution in [-0.2, 0) is 6.54 Å². The van der Waals surface area contributed by atoms with Crippen LogP contribution in [-0.4, -0.2) is 45.3 Å². The van der Waals surface area contributed by atoms with Crippen LogP contribution >= 0.6 is 22.9 Å². The van der Waals surface area contributed by atoms with Crippen molar-refractivity contribution in [2.24, 2.45) is 0 Å². The molecule has 1 saturated heterocycles. The Balaban J connectivity index is 2.04. The fraction of sp³-hybridized carbons (Fsp3) is 0.353. The summed E-state index contributed by atoms with van der Waals surface area (Å²) in [6, 6.07) is 1.89. The van der Waals surface area contributed by atoms with E-state index in [1.54, 1.807) is 16.1 Å². The van der Waals surface area contributed by atoms with Crippen LogP contribution in [0.4, 0.5) is 5.82 Å². The molecule has 1 aliphatic rings. The van der Waals surface area contributed by atoms with E-state index in [9.17, 15) is 4.79 Å². The molecule has 4 heterocycles. The minimum absolute atomic E-state index is 0.133. The Morgan fingerprint density at radius 3 is 2.85 bits per heavy atom. The lowest BCUT2D eigenvalue weighted by atomic mass is 10.3. The van der Waals surface area contributed by atoms with Gasteiger partial charge in [-0.15, -0.1) is 5.92 Å². The molecule has 26 heavy (non-hydrogen) atoms. The molecule has 3 aromatic rings. The van der Waals surface area contributed by atoms with Gasteiger partial charge in [0.2, 0.25) is 5.28 Å². The van der Waals surface area contributed by atoms with E-state index < -0.39 is 0 Å². The Bertz CT molecular complexity index is 1050. The molecule has 3 aromatic heterocycles. The molecule has 4 rings (SSSR count). The molecule has 0 atom stereocenters. The lowest BCUT2D eigenvalue weighted by Crippen LogP contribution is -2.44. The average molecular weight is 389 g/mol. The van der Waals surface area contributed by atoms with Crippen molar-refractivity contribution >= 4 is 39.9 Å². The zero-order valence-corrected chi connectivity index (χ0v) is 15.8. The molecular weight excluding hydrogens is 372 g/mol. The minimum atomic E-state index is -0.186. The molecule has 9 heteroatoms. The van der Waals surface area contributed by atoms with Gasteiger partial charge in [0.05, 0.1) is 12.2 Å². The molecule has 0 aromatic carbocycles. The molecule has 0 spiro atoms. The van der Waals surface area contributed by atoms with Crippen LogP contribution in [0.1, 0.15) is 6.92 Å². The van der Waals surface area contributed by atoms with Crippen molar-refractivity contribution in [3.63, 3.8) is 0 Å². The molecule has 7 nitrogen and oxygen atoms in total. The van der Waals surface area contributed by atoms with Crippen LogP contribution < -0.4 is 15.9 Å². The van der Waals surface area contributed by atoms with Crippen molar-refractivity contribution in [1.82, 2.24) is 24.4 Å². The first-order valence-corrected chi connectivity index (χ1v) is 9.59. The van der Waals surface area contributed by atoms with Gasteiger partial charge in [0, 0.05) is 31.6 Å². The third-order valence-corrected chi connectivity index (χ3v) is 5.16. The zero-order chi connectivity index (χ0) is 18.1. The number of nitrogens with zero attached hydrogens (tertiary/aromatic N) is 5. The van der Waals surface area contributed by atoms with Crippen molar-refractivity contribution in [3.05, 3.63) is 32.6 Å². The number of thiophene rings is 1. The first-order valence-electron chi connectivity index (χ1n) is 8.27. The second-order valence-electron chi connectivity index (χ2n) is 5.84. The van der Waals surface area contributed by atoms with Crippen LogP contribution in [0.5, 0.6) is 0 Å². The summed E-state index contributed by atoms with van der Waals surface area (Å²) in [7, 11) is 0. The molecule has 0 bridgehead atoms. The predicted molar refractivity (Wildman–Crippen MR) is 105 cm³/mol. The molecule has 0 amide bonds. The molecule has 1 N–H and O–H groups in total. The Labute approximate surface area is 159 Å². The van der Waals surface area contributed by atoms with Gasteiger partial charge in [-0.2, -0.15) is 21.3 Å². The first kappa shape index (κ1) is 17.1. The van der Waals surface area contributed by atoms with Crippen LogP contribution in [0.3, 0.4) is 0 Å². The lowest BCUT2D eigenvalue weighted by molar-refractivity contribution is 0.585. The van der Waals surface area contributed by atoms with E-state index in [4.69, 9.17) is 11.6 Å². The summed E-state index contributed by atoms with van der Waals surface area (Å²) in [5, 5.41) is 7.30. The number of aromatic nitrogens is 4. The standard InChI is InChI=1S/C17H17ClN6OS/c1-2-3-7-23-13-14(22-8-5-19-6-9-22)20-16(18)21-15(13)24(17(23)25)12-4-10-26-11-12/h4,10-11,19H,5-9H2,1H3. The second-order valence-corrected chi connectivity index (χ2v) is 6.96. The van der Waals surface area contributed by atoms with Crippen molar-refractivity contribution in [2.45, 2.75) is 13.5 Å². The fourth-order valence-corrected chi connectivity index (χ4v) is 3.91. The van der Waals surface area contributed by atoms with E-state index in [2.05, 4.69) is 32.0 Å². The van der Waals surface area contributed by atoms with Crippen molar-refractivity contribution in [3.8, 4) is 17.5 Å². The SMILES string of the molecule is CC#CCn1c(=O)n(-c2ccsc2)c2nc(Cl)nc(N3CCNCC3)c21. The number of hydrogen-bond donors (Lipinski definition) is 1. The summed E-state index contributed by atoms with van der Waals surface area (Å²) >= 11 is 7.75. The highest BCUT2D eigenvalue weighted by Crippen LogP contribution is 2.27. The van der Waals surface area contributed by atoms with E-state index in [0.29, 0.717) is 17.0 Å². The van der Waals surface area contributed by atoms with Crippen LogP contribution in [0, 0.1) is 11.8 Å². The molecular formula is C17H17ClN6OS. The second kappa shape index (κ2) is 7.11. The van der Waals surface area contributed by atoms with Gasteiger partial charge < -0.3 is 10.2 Å². The van der Waals surface area contributed by atoms with Crippen molar-refractivity contribution in [1.29, 1.82) is 0 Å². The highest BCUT2D eigenvalue weighted by molar-refractivity contribution is 7.08. The van der Waals surface area contributed by atoms with E-state index in [-0.39, 0.29) is 17.5 Å². The van der Waals surface area contributed by atoms with Gasteiger partial charge in [0.1, 0.15) is 5.52 Å². The van der Waals surface area contributed by atoms with Crippen molar-refractivity contribution in [2.75, 3.05) is 31.1 Å². The Morgan fingerprint density at radius 2 is 2.15 bits per heavy atom. The maximum atomic E-state index is 13.2. The number of halogens is 1. The van der Waals surface area contributed by atoms with E-state index in [1.165, 1.54) is 11.3 Å². The van der Waals surface area contributed by atoms with Crippen molar-refractivity contribution < 1.29 is 0 Å². The molecule has 0 unspecified atom stereocenters. The van der Waals surface area contributed by atoms with Gasteiger partial charge in [-0.1, -0.05) is 5.92 Å². The number of anilines is 1. The average Bonchev–Trinajstić information content (AvgIpc) is 3.26. The van der Waals surface area contributed by atoms with Gasteiger partial charge in [-0.3, -0.25) is 4.57 Å². The normalized spacial score (nSPS) is 14.5. The number of fused-ring (bicyclic) bond motifs is 1. The van der Waals surface area contributed by atoms with Gasteiger partial charge >= 0.3 is 5.69 Å². The maximum Gasteiger partial charge on any atom is 0.335 e. The number of nitrogens with one attached hydrogen (secondary N) is 1.